The van der Waals surface area contributed by atoms with Crippen molar-refractivity contribution in [2.24, 2.45) is 0 Å². The number of carbonyl (C=O) groups is 1. The van der Waals surface area contributed by atoms with E-state index in [-0.39, 0.29) is 5.24 Å². The molecule has 0 atom stereocenters. The molecule has 1 aromatic heterocycles. The number of amides is 1. The van der Waals surface area contributed by atoms with Crippen molar-refractivity contribution < 1.29 is 4.79 Å². The number of anilines is 1. The zero-order chi connectivity index (χ0) is 9.97. The summed E-state index contributed by atoms with van der Waals surface area (Å²) in [5.74, 6) is 0. The topological polar surface area (TPSA) is 42.0 Å². The number of para-hydroxylation sites is 1. The van der Waals surface area contributed by atoms with Crippen LogP contribution in [-0.4, -0.2) is 16.5 Å². The summed E-state index contributed by atoms with van der Waals surface area (Å²) in [6.07, 6.45) is 1.74. The summed E-state index contributed by atoms with van der Waals surface area (Å²) in [5, 5.41) is 3.29. The van der Waals surface area contributed by atoms with Crippen molar-refractivity contribution in [3.05, 3.63) is 24.3 Å². The second-order valence-corrected chi connectivity index (χ2v) is 4.41. The Hall–Kier alpha value is -1.07. The Kier molecular flexibility index (Phi) is 2.69. The fourth-order valence-electron chi connectivity index (χ4n) is 1.06. The van der Waals surface area contributed by atoms with E-state index in [1.165, 1.54) is 11.3 Å². The van der Waals surface area contributed by atoms with Gasteiger partial charge in [0.15, 0.2) is 5.13 Å². The van der Waals surface area contributed by atoms with Gasteiger partial charge in [0.05, 0.1) is 10.2 Å². The van der Waals surface area contributed by atoms with Gasteiger partial charge < -0.3 is 0 Å². The van der Waals surface area contributed by atoms with Gasteiger partial charge in [-0.1, -0.05) is 35.2 Å². The number of hydrogen-bond donors (Lipinski definition) is 1. The molecule has 0 spiro atoms. The van der Waals surface area contributed by atoms with Gasteiger partial charge in [0.2, 0.25) is 0 Å². The molecule has 0 radical (unpaired) electrons. The number of rotatable bonds is 1. The van der Waals surface area contributed by atoms with Gasteiger partial charge in [0, 0.05) is 0 Å². The van der Waals surface area contributed by atoms with Gasteiger partial charge in [-0.2, -0.15) is 0 Å². The number of aromatic nitrogens is 1. The normalized spacial score (nSPS) is 10.4. The molecular formula is C9H8N2OS2. The lowest BCUT2D eigenvalue weighted by molar-refractivity contribution is 0.270. The first-order valence-corrected chi connectivity index (χ1v) is 6.04. The van der Waals surface area contributed by atoms with Gasteiger partial charge in [-0.05, 0) is 18.4 Å². The molecule has 2 rings (SSSR count). The third-order valence-electron chi connectivity index (χ3n) is 1.69. The lowest BCUT2D eigenvalue weighted by Crippen LogP contribution is -2.02. The molecule has 1 N–H and O–H groups in total. The highest BCUT2D eigenvalue weighted by Gasteiger charge is 2.05. The van der Waals surface area contributed by atoms with E-state index in [0.29, 0.717) is 5.13 Å². The van der Waals surface area contributed by atoms with Crippen molar-refractivity contribution in [3.8, 4) is 0 Å². The largest absolute Gasteiger partial charge is 0.293 e. The highest BCUT2D eigenvalue weighted by atomic mass is 32.2. The van der Waals surface area contributed by atoms with Crippen LogP contribution in [0.15, 0.2) is 24.3 Å². The summed E-state index contributed by atoms with van der Waals surface area (Å²) in [6, 6.07) is 7.81. The minimum absolute atomic E-state index is 0.0796. The van der Waals surface area contributed by atoms with E-state index in [9.17, 15) is 4.79 Å². The second-order valence-electron chi connectivity index (χ2n) is 2.60. The number of nitrogens with zero attached hydrogens (tertiary/aromatic N) is 1. The van der Waals surface area contributed by atoms with Crippen LogP contribution in [-0.2, 0) is 0 Å². The summed E-state index contributed by atoms with van der Waals surface area (Å²) < 4.78 is 1.09. The SMILES string of the molecule is CSC(=O)Nc1nc2ccccc2s1. The summed E-state index contributed by atoms with van der Waals surface area (Å²) in [4.78, 5) is 15.4. The highest BCUT2D eigenvalue weighted by Crippen LogP contribution is 2.25. The van der Waals surface area contributed by atoms with E-state index in [2.05, 4.69) is 10.3 Å². The van der Waals surface area contributed by atoms with Gasteiger partial charge in [-0.25, -0.2) is 4.98 Å². The Morgan fingerprint density at radius 2 is 2.29 bits per heavy atom. The molecule has 5 heteroatoms. The zero-order valence-electron chi connectivity index (χ0n) is 7.48. The van der Waals surface area contributed by atoms with Gasteiger partial charge in [-0.3, -0.25) is 10.1 Å². The maximum absolute atomic E-state index is 11.1. The average molecular weight is 224 g/mol. The lowest BCUT2D eigenvalue weighted by Gasteiger charge is -1.94. The molecule has 0 aliphatic rings. The molecule has 3 nitrogen and oxygen atoms in total. The first-order chi connectivity index (χ1) is 6.79. The fourth-order valence-corrected chi connectivity index (χ4v) is 2.19. The van der Waals surface area contributed by atoms with Crippen LogP contribution in [0.1, 0.15) is 0 Å². The third kappa shape index (κ3) is 1.88. The average Bonchev–Trinajstić information content (AvgIpc) is 2.59. The fraction of sp³-hybridized carbons (Fsp3) is 0.111. The van der Waals surface area contributed by atoms with Crippen LogP contribution in [0.3, 0.4) is 0 Å². The molecule has 0 unspecified atom stereocenters. The minimum Gasteiger partial charge on any atom is -0.293 e. The number of hydrogen-bond acceptors (Lipinski definition) is 4. The van der Waals surface area contributed by atoms with Gasteiger partial charge in [0.25, 0.3) is 5.24 Å². The summed E-state index contributed by atoms with van der Waals surface area (Å²) >= 11 is 2.63. The van der Waals surface area contributed by atoms with Crippen molar-refractivity contribution in [2.45, 2.75) is 0 Å². The summed E-state index contributed by atoms with van der Waals surface area (Å²) in [6.45, 7) is 0. The number of nitrogens with one attached hydrogen (secondary N) is 1. The molecule has 1 aromatic carbocycles. The van der Waals surface area contributed by atoms with E-state index in [1.807, 2.05) is 24.3 Å². The zero-order valence-corrected chi connectivity index (χ0v) is 9.11. The molecule has 0 saturated heterocycles. The van der Waals surface area contributed by atoms with Gasteiger partial charge in [0.1, 0.15) is 0 Å². The number of thioether (sulfide) groups is 1. The quantitative estimate of drug-likeness (QED) is 0.808. The first-order valence-electron chi connectivity index (χ1n) is 4.00. The molecule has 0 bridgehead atoms. The molecule has 1 amide bonds. The van der Waals surface area contributed by atoms with Crippen molar-refractivity contribution in [3.63, 3.8) is 0 Å². The van der Waals surface area contributed by atoms with Crippen LogP contribution >= 0.6 is 23.1 Å². The Labute approximate surface area is 89.5 Å². The molecule has 0 aliphatic carbocycles. The number of fused-ring (bicyclic) bond motifs is 1. The van der Waals surface area contributed by atoms with E-state index in [0.717, 1.165) is 22.0 Å². The number of carbonyl (C=O) groups excluding carboxylic acids is 1. The van der Waals surface area contributed by atoms with Crippen LogP contribution in [0.2, 0.25) is 0 Å². The summed E-state index contributed by atoms with van der Waals surface area (Å²) in [7, 11) is 0. The van der Waals surface area contributed by atoms with E-state index >= 15 is 0 Å². The Morgan fingerprint density at radius 3 is 3.00 bits per heavy atom. The lowest BCUT2D eigenvalue weighted by atomic mass is 10.3. The first kappa shape index (κ1) is 9.48. The summed E-state index contributed by atoms with van der Waals surface area (Å²) in [5.41, 5.74) is 0.925. The Bertz CT molecular complexity index is 434. The third-order valence-corrected chi connectivity index (χ3v) is 3.11. The van der Waals surface area contributed by atoms with Gasteiger partial charge >= 0.3 is 0 Å². The van der Waals surface area contributed by atoms with Crippen molar-refractivity contribution in [1.82, 2.24) is 4.98 Å². The van der Waals surface area contributed by atoms with Crippen LogP contribution in [0.4, 0.5) is 9.93 Å². The number of thiazole rings is 1. The highest BCUT2D eigenvalue weighted by molar-refractivity contribution is 8.13. The standard InChI is InChI=1S/C9H8N2OS2/c1-13-9(12)11-8-10-6-4-2-3-5-7(6)14-8/h2-5H,1H3,(H,10,11,12). The Morgan fingerprint density at radius 1 is 1.50 bits per heavy atom. The maximum Gasteiger partial charge on any atom is 0.284 e. The van der Waals surface area contributed by atoms with Crippen molar-refractivity contribution in [2.75, 3.05) is 11.6 Å². The predicted molar refractivity (Wildman–Crippen MR) is 62.2 cm³/mol. The molecule has 0 fully saturated rings. The smallest absolute Gasteiger partial charge is 0.284 e. The second kappa shape index (κ2) is 3.98. The van der Waals surface area contributed by atoms with Crippen LogP contribution < -0.4 is 5.32 Å². The molecule has 0 aliphatic heterocycles. The van der Waals surface area contributed by atoms with Crippen LogP contribution in [0, 0.1) is 0 Å². The monoisotopic (exact) mass is 224 g/mol. The van der Waals surface area contributed by atoms with E-state index < -0.39 is 0 Å². The van der Waals surface area contributed by atoms with E-state index in [1.54, 1.807) is 6.26 Å². The minimum atomic E-state index is -0.0796. The molecule has 14 heavy (non-hydrogen) atoms. The molecule has 1 heterocycles. The van der Waals surface area contributed by atoms with Crippen molar-refractivity contribution >= 4 is 43.7 Å². The molecule has 0 saturated carbocycles. The predicted octanol–water partition coefficient (Wildman–Crippen LogP) is 3.19. The molecule has 72 valence electrons. The van der Waals surface area contributed by atoms with Crippen LogP contribution in [0.5, 0.6) is 0 Å². The Balaban J connectivity index is 2.31. The molecule has 2 aromatic rings. The van der Waals surface area contributed by atoms with E-state index in [4.69, 9.17) is 0 Å². The maximum atomic E-state index is 11.1. The molecular weight excluding hydrogens is 216 g/mol. The number of benzene rings is 1. The van der Waals surface area contributed by atoms with Gasteiger partial charge in [-0.15, -0.1) is 0 Å². The van der Waals surface area contributed by atoms with Crippen LogP contribution in [0.25, 0.3) is 10.2 Å². The van der Waals surface area contributed by atoms with Crippen molar-refractivity contribution in [1.29, 1.82) is 0 Å².